The van der Waals surface area contributed by atoms with E-state index in [9.17, 15) is 12.8 Å². The van der Waals surface area contributed by atoms with Crippen LogP contribution in [0.1, 0.15) is 0 Å². The maximum Gasteiger partial charge on any atom is 0.242 e. The van der Waals surface area contributed by atoms with Crippen molar-refractivity contribution in [1.82, 2.24) is 4.72 Å². The summed E-state index contributed by atoms with van der Waals surface area (Å²) in [4.78, 5) is -0.269. The van der Waals surface area contributed by atoms with E-state index in [0.717, 1.165) is 12.1 Å². The van der Waals surface area contributed by atoms with Gasteiger partial charge in [-0.05, 0) is 12.1 Å². The first-order chi connectivity index (χ1) is 9.38. The van der Waals surface area contributed by atoms with Gasteiger partial charge in [0.1, 0.15) is 10.7 Å². The fraction of sp³-hybridized carbons (Fsp3) is 0.455. The average Bonchev–Trinajstić information content (AvgIpc) is 2.37. The fourth-order valence-electron chi connectivity index (χ4n) is 1.32. The number of sulfonamides is 1. The SMILES string of the molecule is COCCOCCNS(=O)(=O)c1cc(N)c(F)cc1Cl. The van der Waals surface area contributed by atoms with Crippen molar-refractivity contribution in [2.75, 3.05) is 39.2 Å². The Labute approximate surface area is 122 Å². The van der Waals surface area contributed by atoms with Crippen molar-refractivity contribution in [1.29, 1.82) is 0 Å². The number of methoxy groups -OCH3 is 1. The van der Waals surface area contributed by atoms with Gasteiger partial charge >= 0.3 is 0 Å². The van der Waals surface area contributed by atoms with Gasteiger partial charge < -0.3 is 15.2 Å². The Morgan fingerprint density at radius 3 is 2.70 bits per heavy atom. The van der Waals surface area contributed by atoms with Crippen molar-refractivity contribution in [3.8, 4) is 0 Å². The summed E-state index contributed by atoms with van der Waals surface area (Å²) in [6.07, 6.45) is 0. The fourth-order valence-corrected chi connectivity index (χ4v) is 2.88. The molecule has 0 aliphatic carbocycles. The van der Waals surface area contributed by atoms with Crippen LogP contribution < -0.4 is 10.5 Å². The maximum atomic E-state index is 13.1. The lowest BCUT2D eigenvalue weighted by molar-refractivity contribution is 0.0736. The van der Waals surface area contributed by atoms with Gasteiger partial charge in [0.15, 0.2) is 0 Å². The summed E-state index contributed by atoms with van der Waals surface area (Å²) in [6, 6.07) is 1.84. The molecule has 0 amide bonds. The minimum Gasteiger partial charge on any atom is -0.396 e. The van der Waals surface area contributed by atoms with Crippen molar-refractivity contribution >= 4 is 27.3 Å². The first-order valence-corrected chi connectivity index (χ1v) is 7.55. The molecule has 20 heavy (non-hydrogen) atoms. The van der Waals surface area contributed by atoms with E-state index in [1.54, 1.807) is 0 Å². The Morgan fingerprint density at radius 2 is 2.05 bits per heavy atom. The van der Waals surface area contributed by atoms with E-state index in [-0.39, 0.29) is 28.8 Å². The second-order valence-corrected chi connectivity index (χ2v) is 5.95. The van der Waals surface area contributed by atoms with Crippen LogP contribution in [0.3, 0.4) is 0 Å². The van der Waals surface area contributed by atoms with Crippen LogP contribution in [0.2, 0.25) is 5.02 Å². The smallest absolute Gasteiger partial charge is 0.242 e. The van der Waals surface area contributed by atoms with Gasteiger partial charge in [0, 0.05) is 13.7 Å². The Morgan fingerprint density at radius 1 is 1.35 bits per heavy atom. The highest BCUT2D eigenvalue weighted by atomic mass is 35.5. The number of rotatable bonds is 8. The van der Waals surface area contributed by atoms with Crippen LogP contribution in [-0.4, -0.2) is 41.9 Å². The highest BCUT2D eigenvalue weighted by Gasteiger charge is 2.19. The Balaban J connectivity index is 2.63. The zero-order chi connectivity index (χ0) is 15.2. The number of benzene rings is 1. The summed E-state index contributed by atoms with van der Waals surface area (Å²) in [5.74, 6) is -0.767. The Bertz CT molecular complexity index is 554. The Kier molecular flexibility index (Phi) is 6.63. The van der Waals surface area contributed by atoms with Gasteiger partial charge in [-0.25, -0.2) is 17.5 Å². The largest absolute Gasteiger partial charge is 0.396 e. The first kappa shape index (κ1) is 17.1. The van der Waals surface area contributed by atoms with Crippen LogP contribution in [0.25, 0.3) is 0 Å². The molecular formula is C11H16ClFN2O4S. The van der Waals surface area contributed by atoms with E-state index in [2.05, 4.69) is 4.72 Å². The van der Waals surface area contributed by atoms with Crippen molar-refractivity contribution in [2.45, 2.75) is 4.90 Å². The number of anilines is 1. The second kappa shape index (κ2) is 7.75. The maximum absolute atomic E-state index is 13.1. The molecule has 0 saturated carbocycles. The van der Waals surface area contributed by atoms with E-state index in [0.29, 0.717) is 13.2 Å². The predicted molar refractivity (Wildman–Crippen MR) is 73.7 cm³/mol. The molecule has 0 saturated heterocycles. The molecule has 0 fully saturated rings. The van der Waals surface area contributed by atoms with E-state index in [1.807, 2.05) is 0 Å². The molecule has 0 bridgehead atoms. The molecule has 0 radical (unpaired) electrons. The van der Waals surface area contributed by atoms with Crippen LogP contribution in [0.5, 0.6) is 0 Å². The van der Waals surface area contributed by atoms with Crippen LogP contribution in [0.4, 0.5) is 10.1 Å². The molecule has 1 aromatic rings. The summed E-state index contributed by atoms with van der Waals surface area (Å²) in [5.41, 5.74) is 5.05. The lowest BCUT2D eigenvalue weighted by Crippen LogP contribution is -2.28. The number of hydrogen-bond donors (Lipinski definition) is 2. The van der Waals surface area contributed by atoms with Gasteiger partial charge in [-0.1, -0.05) is 11.6 Å². The molecule has 0 aliphatic rings. The zero-order valence-electron chi connectivity index (χ0n) is 10.9. The van der Waals surface area contributed by atoms with Gasteiger partial charge in [0.05, 0.1) is 30.5 Å². The average molecular weight is 327 g/mol. The molecule has 9 heteroatoms. The van der Waals surface area contributed by atoms with Crippen molar-refractivity contribution < 1.29 is 22.3 Å². The standard InChI is InChI=1S/C11H16ClFN2O4S/c1-18-4-5-19-3-2-15-20(16,17)11-7-10(14)9(13)6-8(11)12/h6-7,15H,2-5,14H2,1H3. The van der Waals surface area contributed by atoms with Crippen LogP contribution in [0.15, 0.2) is 17.0 Å². The van der Waals surface area contributed by atoms with E-state index in [1.165, 1.54) is 7.11 Å². The number of ether oxygens (including phenoxy) is 2. The highest BCUT2D eigenvalue weighted by molar-refractivity contribution is 7.89. The molecule has 1 rings (SSSR count). The molecule has 114 valence electrons. The summed E-state index contributed by atoms with van der Waals surface area (Å²) < 4.78 is 49.2. The molecule has 0 atom stereocenters. The molecule has 3 N–H and O–H groups in total. The molecule has 0 aliphatic heterocycles. The predicted octanol–water partition coefficient (Wildman–Crippen LogP) is 1.00. The van der Waals surface area contributed by atoms with E-state index < -0.39 is 15.8 Å². The van der Waals surface area contributed by atoms with Crippen molar-refractivity contribution in [2.24, 2.45) is 0 Å². The number of nitrogens with one attached hydrogen (secondary N) is 1. The monoisotopic (exact) mass is 326 g/mol. The topological polar surface area (TPSA) is 90.6 Å². The summed E-state index contributed by atoms with van der Waals surface area (Å²) in [6.45, 7) is 1.02. The summed E-state index contributed by atoms with van der Waals surface area (Å²) in [5, 5.41) is -0.232. The normalized spacial score (nSPS) is 11.8. The third-order valence-corrected chi connectivity index (χ3v) is 4.24. The zero-order valence-corrected chi connectivity index (χ0v) is 12.4. The van der Waals surface area contributed by atoms with E-state index in [4.69, 9.17) is 26.8 Å². The van der Waals surface area contributed by atoms with E-state index >= 15 is 0 Å². The molecular weight excluding hydrogens is 311 g/mol. The molecule has 0 unspecified atom stereocenters. The molecule has 1 aromatic carbocycles. The molecule has 0 aromatic heterocycles. The van der Waals surface area contributed by atoms with Gasteiger partial charge in [-0.2, -0.15) is 0 Å². The minimum atomic E-state index is -3.86. The van der Waals surface area contributed by atoms with Crippen molar-refractivity contribution in [3.63, 3.8) is 0 Å². The minimum absolute atomic E-state index is 0.0552. The van der Waals surface area contributed by atoms with Crippen LogP contribution in [-0.2, 0) is 19.5 Å². The van der Waals surface area contributed by atoms with Gasteiger partial charge in [-0.3, -0.25) is 0 Å². The van der Waals surface area contributed by atoms with Gasteiger partial charge in [0.25, 0.3) is 0 Å². The highest BCUT2D eigenvalue weighted by Crippen LogP contribution is 2.25. The van der Waals surface area contributed by atoms with Crippen LogP contribution >= 0.6 is 11.6 Å². The number of nitrogen functional groups attached to an aromatic ring is 1. The first-order valence-electron chi connectivity index (χ1n) is 5.69. The third-order valence-electron chi connectivity index (χ3n) is 2.31. The summed E-state index contributed by atoms with van der Waals surface area (Å²) in [7, 11) is -2.33. The van der Waals surface area contributed by atoms with Gasteiger partial charge in [0.2, 0.25) is 10.0 Å². The van der Waals surface area contributed by atoms with Crippen molar-refractivity contribution in [3.05, 3.63) is 23.0 Å². The Hall–Kier alpha value is -0.930. The van der Waals surface area contributed by atoms with Gasteiger partial charge in [-0.15, -0.1) is 0 Å². The molecule has 6 nitrogen and oxygen atoms in total. The quantitative estimate of drug-likeness (QED) is 0.549. The second-order valence-electron chi connectivity index (χ2n) is 3.81. The number of halogens is 2. The lowest BCUT2D eigenvalue weighted by atomic mass is 10.3. The molecule has 0 spiro atoms. The number of nitrogens with two attached hydrogens (primary N) is 1. The lowest BCUT2D eigenvalue weighted by Gasteiger charge is -2.10. The molecule has 0 heterocycles. The number of hydrogen-bond acceptors (Lipinski definition) is 5. The summed E-state index contributed by atoms with van der Waals surface area (Å²) >= 11 is 5.70. The third kappa shape index (κ3) is 4.88. The van der Waals surface area contributed by atoms with Crippen LogP contribution in [0, 0.1) is 5.82 Å².